The number of ether oxygens (including phenoxy) is 2. The van der Waals surface area contributed by atoms with E-state index >= 15 is 0 Å². The normalized spacial score (nSPS) is 17.7. The average Bonchev–Trinajstić information content (AvgIpc) is 2.93. The minimum Gasteiger partial charge on any atom is -0.481 e. The van der Waals surface area contributed by atoms with Crippen molar-refractivity contribution in [3.05, 3.63) is 30.6 Å². The van der Waals surface area contributed by atoms with Gasteiger partial charge in [-0.2, -0.15) is 0 Å². The number of hydrogen-bond acceptors (Lipinski definition) is 6. The lowest BCUT2D eigenvalue weighted by molar-refractivity contribution is 0.0769. The molecule has 0 saturated carbocycles. The van der Waals surface area contributed by atoms with Gasteiger partial charge in [0.1, 0.15) is 12.1 Å². The molecule has 3 heterocycles. The van der Waals surface area contributed by atoms with Gasteiger partial charge in [0, 0.05) is 37.9 Å². The summed E-state index contributed by atoms with van der Waals surface area (Å²) in [6.07, 6.45) is 5.36. The van der Waals surface area contributed by atoms with E-state index in [2.05, 4.69) is 38.3 Å². The highest BCUT2D eigenvalue weighted by molar-refractivity contribution is 5.41. The van der Waals surface area contributed by atoms with Crippen molar-refractivity contribution in [2.24, 2.45) is 11.8 Å². The first-order valence-corrected chi connectivity index (χ1v) is 8.33. The van der Waals surface area contributed by atoms with Crippen molar-refractivity contribution in [2.45, 2.75) is 26.9 Å². The number of aromatic nitrogens is 4. The SMILES string of the molecule is COc1cc(N2Cc3cncn3CC(COCC(C)C)C2)ncn1. The summed E-state index contributed by atoms with van der Waals surface area (Å²) in [5.41, 5.74) is 1.18. The first-order valence-electron chi connectivity index (χ1n) is 8.33. The molecule has 7 heteroatoms. The molecule has 1 atom stereocenters. The van der Waals surface area contributed by atoms with Crippen molar-refractivity contribution in [1.82, 2.24) is 19.5 Å². The van der Waals surface area contributed by atoms with Crippen LogP contribution in [-0.2, 0) is 17.8 Å². The Kier molecular flexibility index (Phi) is 5.30. The smallest absolute Gasteiger partial charge is 0.218 e. The van der Waals surface area contributed by atoms with Crippen LogP contribution in [-0.4, -0.2) is 46.4 Å². The van der Waals surface area contributed by atoms with Gasteiger partial charge in [-0.05, 0) is 5.92 Å². The van der Waals surface area contributed by atoms with E-state index in [-0.39, 0.29) is 0 Å². The van der Waals surface area contributed by atoms with Crippen molar-refractivity contribution in [1.29, 1.82) is 0 Å². The zero-order valence-electron chi connectivity index (χ0n) is 14.6. The fraction of sp³-hybridized carbons (Fsp3) is 0.588. The molecule has 24 heavy (non-hydrogen) atoms. The molecule has 0 amide bonds. The molecular weight excluding hydrogens is 306 g/mol. The third kappa shape index (κ3) is 4.03. The minimum absolute atomic E-state index is 0.375. The summed E-state index contributed by atoms with van der Waals surface area (Å²) < 4.78 is 13.3. The van der Waals surface area contributed by atoms with Crippen LogP contribution in [0.15, 0.2) is 24.9 Å². The van der Waals surface area contributed by atoms with E-state index in [1.54, 1.807) is 13.4 Å². The van der Waals surface area contributed by atoms with Crippen LogP contribution in [0.2, 0.25) is 0 Å². The quantitative estimate of drug-likeness (QED) is 0.806. The zero-order valence-corrected chi connectivity index (χ0v) is 14.6. The molecule has 0 spiro atoms. The number of rotatable bonds is 6. The van der Waals surface area contributed by atoms with Gasteiger partial charge in [0.05, 0.1) is 32.3 Å². The summed E-state index contributed by atoms with van der Waals surface area (Å²) in [5.74, 6) is 2.36. The van der Waals surface area contributed by atoms with Gasteiger partial charge in [-0.1, -0.05) is 13.8 Å². The number of methoxy groups -OCH3 is 1. The van der Waals surface area contributed by atoms with Crippen molar-refractivity contribution >= 4 is 5.82 Å². The van der Waals surface area contributed by atoms with Crippen molar-refractivity contribution < 1.29 is 9.47 Å². The van der Waals surface area contributed by atoms with E-state index in [0.29, 0.717) is 17.7 Å². The average molecular weight is 331 g/mol. The van der Waals surface area contributed by atoms with Gasteiger partial charge in [0.15, 0.2) is 0 Å². The van der Waals surface area contributed by atoms with Gasteiger partial charge in [-0.25, -0.2) is 15.0 Å². The fourth-order valence-corrected chi connectivity index (χ4v) is 2.92. The molecule has 0 radical (unpaired) electrons. The van der Waals surface area contributed by atoms with E-state index in [1.165, 1.54) is 5.69 Å². The lowest BCUT2D eigenvalue weighted by atomic mass is 10.1. The lowest BCUT2D eigenvalue weighted by Crippen LogP contribution is -2.31. The highest BCUT2D eigenvalue weighted by Gasteiger charge is 2.23. The predicted octanol–water partition coefficient (Wildman–Crippen LogP) is 1.99. The molecule has 0 aromatic carbocycles. The Bertz CT molecular complexity index is 658. The molecule has 0 aliphatic carbocycles. The maximum absolute atomic E-state index is 5.89. The largest absolute Gasteiger partial charge is 0.481 e. The van der Waals surface area contributed by atoms with Gasteiger partial charge in [-0.3, -0.25) is 0 Å². The standard InChI is InChI=1S/C17H25N5O2/c1-13(2)9-24-10-14-6-21(8-15-5-18-12-22(15)7-14)16-4-17(23-3)20-11-19-16/h4-5,11-14H,6-10H2,1-3H3. The Morgan fingerprint density at radius 3 is 2.96 bits per heavy atom. The molecule has 0 N–H and O–H groups in total. The third-order valence-electron chi connectivity index (χ3n) is 4.05. The Balaban J connectivity index is 1.78. The lowest BCUT2D eigenvalue weighted by Gasteiger charge is -2.25. The first-order chi connectivity index (χ1) is 11.7. The summed E-state index contributed by atoms with van der Waals surface area (Å²) >= 11 is 0. The summed E-state index contributed by atoms with van der Waals surface area (Å²) in [4.78, 5) is 15.0. The summed E-state index contributed by atoms with van der Waals surface area (Å²) in [5, 5.41) is 0. The Morgan fingerprint density at radius 2 is 2.17 bits per heavy atom. The Hall–Kier alpha value is -2.15. The maximum Gasteiger partial charge on any atom is 0.218 e. The van der Waals surface area contributed by atoms with Gasteiger partial charge in [0.2, 0.25) is 5.88 Å². The van der Waals surface area contributed by atoms with Crippen LogP contribution in [0.4, 0.5) is 5.82 Å². The van der Waals surface area contributed by atoms with Gasteiger partial charge >= 0.3 is 0 Å². The molecule has 0 fully saturated rings. The summed E-state index contributed by atoms with van der Waals surface area (Å²) in [7, 11) is 1.62. The minimum atomic E-state index is 0.375. The monoisotopic (exact) mass is 331 g/mol. The topological polar surface area (TPSA) is 65.3 Å². The second kappa shape index (κ2) is 7.61. The number of anilines is 1. The molecule has 7 nitrogen and oxygen atoms in total. The van der Waals surface area contributed by atoms with Crippen LogP contribution in [0.1, 0.15) is 19.5 Å². The van der Waals surface area contributed by atoms with Gasteiger partial charge < -0.3 is 18.9 Å². The zero-order chi connectivity index (χ0) is 16.9. The summed E-state index contributed by atoms with van der Waals surface area (Å²) in [6, 6.07) is 1.87. The molecule has 130 valence electrons. The van der Waals surface area contributed by atoms with Crippen LogP contribution >= 0.6 is 0 Å². The van der Waals surface area contributed by atoms with Crippen LogP contribution in [0, 0.1) is 11.8 Å². The van der Waals surface area contributed by atoms with E-state index < -0.39 is 0 Å². The molecule has 0 saturated heterocycles. The first kappa shape index (κ1) is 16.7. The Labute approximate surface area is 142 Å². The second-order valence-electron chi connectivity index (χ2n) is 6.63. The Morgan fingerprint density at radius 1 is 1.29 bits per heavy atom. The van der Waals surface area contributed by atoms with Crippen LogP contribution in [0.3, 0.4) is 0 Å². The number of imidazole rings is 1. The molecule has 0 bridgehead atoms. The molecular formula is C17H25N5O2. The van der Waals surface area contributed by atoms with Crippen molar-refractivity contribution in [3.63, 3.8) is 0 Å². The van der Waals surface area contributed by atoms with Crippen molar-refractivity contribution in [2.75, 3.05) is 31.8 Å². The van der Waals surface area contributed by atoms with Gasteiger partial charge in [-0.15, -0.1) is 0 Å². The highest BCUT2D eigenvalue weighted by atomic mass is 16.5. The number of fused-ring (bicyclic) bond motifs is 1. The van der Waals surface area contributed by atoms with E-state index in [4.69, 9.17) is 9.47 Å². The van der Waals surface area contributed by atoms with Crippen molar-refractivity contribution in [3.8, 4) is 5.88 Å². The van der Waals surface area contributed by atoms with E-state index in [0.717, 1.165) is 38.7 Å². The molecule has 2 aromatic heterocycles. The molecule has 1 unspecified atom stereocenters. The van der Waals surface area contributed by atoms with E-state index in [9.17, 15) is 0 Å². The number of hydrogen-bond donors (Lipinski definition) is 0. The third-order valence-corrected chi connectivity index (χ3v) is 4.05. The maximum atomic E-state index is 5.89. The molecule has 3 rings (SSSR count). The second-order valence-corrected chi connectivity index (χ2v) is 6.63. The molecule has 1 aliphatic rings. The number of nitrogens with zero attached hydrogens (tertiary/aromatic N) is 5. The highest BCUT2D eigenvalue weighted by Crippen LogP contribution is 2.23. The molecule has 1 aliphatic heterocycles. The van der Waals surface area contributed by atoms with E-state index in [1.807, 2.05) is 18.6 Å². The summed E-state index contributed by atoms with van der Waals surface area (Å²) in [6.45, 7) is 8.40. The fourth-order valence-electron chi connectivity index (χ4n) is 2.92. The molecule has 2 aromatic rings. The van der Waals surface area contributed by atoms with Crippen LogP contribution < -0.4 is 9.64 Å². The van der Waals surface area contributed by atoms with Crippen LogP contribution in [0.25, 0.3) is 0 Å². The predicted molar refractivity (Wildman–Crippen MR) is 91.0 cm³/mol. The van der Waals surface area contributed by atoms with Crippen LogP contribution in [0.5, 0.6) is 5.88 Å². The van der Waals surface area contributed by atoms with Gasteiger partial charge in [0.25, 0.3) is 0 Å².